The summed E-state index contributed by atoms with van der Waals surface area (Å²) in [5, 5.41) is 9.73. The molecule has 0 unspecified atom stereocenters. The zero-order valence-corrected chi connectivity index (χ0v) is 78.8. The lowest BCUT2D eigenvalue weighted by molar-refractivity contribution is 0.00420. The smallest absolute Gasteiger partial charge is 0.410 e. The number of nitrogens with one attached hydrogen (secondary N) is 3. The van der Waals surface area contributed by atoms with Gasteiger partial charge < -0.3 is 59.9 Å². The third kappa shape index (κ3) is 68.0. The maximum absolute atomic E-state index is 11.9. The third-order valence-corrected chi connectivity index (χ3v) is 19.1. The Hall–Kier alpha value is -1.33. The quantitative estimate of drug-likeness (QED) is 0.173. The zero-order valence-electron chi connectivity index (χ0n) is 78.8. The van der Waals surface area contributed by atoms with Gasteiger partial charge in [0, 0.05) is 167 Å². The van der Waals surface area contributed by atoms with Crippen molar-refractivity contribution in [1.82, 2.24) is 79.6 Å². The minimum absolute atomic E-state index is 0.181. The molecule has 622 valence electrons. The molecule has 3 N–H and O–H groups in total. The highest BCUT2D eigenvalue weighted by Gasteiger charge is 2.31. The Morgan fingerprint density at radius 3 is 1.05 bits per heavy atom. The average molecular weight is 1460 g/mol. The number of amides is 1. The van der Waals surface area contributed by atoms with E-state index in [0.717, 1.165) is 84.1 Å². The summed E-state index contributed by atoms with van der Waals surface area (Å²) in [4.78, 5) is 42.3. The summed E-state index contributed by atoms with van der Waals surface area (Å²) in [6.07, 6.45) is 3.71. The van der Waals surface area contributed by atoms with Gasteiger partial charge in [0.1, 0.15) is 5.60 Å². The highest BCUT2D eigenvalue weighted by atomic mass is 16.6. The fourth-order valence-electron chi connectivity index (χ4n) is 9.96. The average Bonchev–Trinajstić information content (AvgIpc) is 0.850. The molecule has 4 aliphatic heterocycles. The molecule has 18 nitrogen and oxygen atoms in total. The highest BCUT2D eigenvalue weighted by molar-refractivity contribution is 5.68. The van der Waals surface area contributed by atoms with E-state index < -0.39 is 5.60 Å². The van der Waals surface area contributed by atoms with E-state index in [2.05, 4.69) is 374 Å². The lowest BCUT2D eigenvalue weighted by Gasteiger charge is -2.42. The molecular formula is C84H194N16O2. The first kappa shape index (κ1) is 112. The van der Waals surface area contributed by atoms with Crippen LogP contribution >= 0.6 is 0 Å². The van der Waals surface area contributed by atoms with Crippen LogP contribution in [-0.2, 0) is 4.74 Å². The number of carbonyl (C=O) groups excluding carboxylic acids is 1. The summed E-state index contributed by atoms with van der Waals surface area (Å²) in [5.74, 6) is 0. The molecule has 0 aromatic heterocycles. The van der Waals surface area contributed by atoms with Gasteiger partial charge in [0.05, 0.1) is 0 Å². The standard InChI is InChI=1S/C13H26N2O2.C11H24N2.C10H24N2.C9H22N2.2C8H18N2.C8H19N.2C6H15N.C5H13N/c1-12(2,3)15-9-7-14(8-10-15)11(16)17-13(4,5)6;1-11(2,3)13-8-6-10(7-9-13)12(4)5;1-10(2,3)12(6)9-7-8-11(4)5;1-9(2,3)11(6)8-7-10(4)5;1-8(2)10-6-4-9(3)5-7-10;1-8(2,3)10-6-4-9-5-7-10;1-6-9(7-2)8(3,4)5;1-6(2,3)7(4)5;1-5-7-6(2,3)4;1-5(2,3)6-4/h7-10H2,1-6H3;10H,6-9H2,1-5H3;7-9H2,1-6H3;7-8H2,1-6H3;8H,4-7H2,1-3H3;9H,4-7H2,1-3H3;6-7H2,1-5H3;1-5H3;7H,5H2,1-4H3;6H,1-4H3. The SMILES string of the molecule is CC(C)(C)N1CCNCC1.CC(C)(C)OC(=O)N1CCN(C(C)(C)C)CC1.CC(C)N1CCN(C)CC1.CCN(CC)C(C)(C)C.CCNC(C)(C)C.CN(C)C(C)(C)C.CN(C)C1CCN(C(C)(C)C)CC1.CN(C)CCCN(C)C(C)(C)C.CN(C)CCN(C)C(C)(C)C.CNC(C)(C)C. The molecule has 4 heterocycles. The minimum Gasteiger partial charge on any atom is -0.444 e. The number of carbonyl (C=O) groups is 1. The number of ether oxygens (including phenoxy) is 1. The molecule has 0 atom stereocenters. The van der Waals surface area contributed by atoms with Gasteiger partial charge in [-0.1, -0.05) is 20.8 Å². The molecule has 18 heteroatoms. The van der Waals surface area contributed by atoms with Crippen molar-refractivity contribution < 1.29 is 9.53 Å². The number of hydrogen-bond acceptors (Lipinski definition) is 17. The number of likely N-dealkylation sites (tertiary alicyclic amines) is 1. The molecule has 0 saturated carbocycles. The van der Waals surface area contributed by atoms with Gasteiger partial charge in [-0.05, 0) is 358 Å². The van der Waals surface area contributed by atoms with E-state index in [1.165, 1.54) is 84.7 Å². The summed E-state index contributed by atoms with van der Waals surface area (Å²) in [6.45, 7) is 100. The second-order valence-corrected chi connectivity index (χ2v) is 40.2. The van der Waals surface area contributed by atoms with Gasteiger partial charge in [-0.25, -0.2) is 4.79 Å². The Balaban J connectivity index is -0.000000254. The Labute approximate surface area is 643 Å². The van der Waals surface area contributed by atoms with Gasteiger partial charge in [-0.3, -0.25) is 24.5 Å². The fraction of sp³-hybridized carbons (Fsp3) is 0.988. The van der Waals surface area contributed by atoms with Crippen molar-refractivity contribution >= 4 is 6.09 Å². The van der Waals surface area contributed by atoms with Crippen LogP contribution in [-0.4, -0.2) is 359 Å². The van der Waals surface area contributed by atoms with E-state index in [4.69, 9.17) is 4.74 Å². The number of likely N-dealkylation sites (N-methyl/N-ethyl adjacent to an activating group) is 3. The molecule has 0 aromatic carbocycles. The lowest BCUT2D eigenvalue weighted by atomic mass is 9.98. The molecule has 102 heavy (non-hydrogen) atoms. The highest BCUT2D eigenvalue weighted by Crippen LogP contribution is 2.23. The first-order valence-corrected chi connectivity index (χ1v) is 40.2. The van der Waals surface area contributed by atoms with Gasteiger partial charge in [-0.15, -0.1) is 0 Å². The van der Waals surface area contributed by atoms with E-state index in [0.29, 0.717) is 44.3 Å². The Bertz CT molecular complexity index is 1910. The van der Waals surface area contributed by atoms with Gasteiger partial charge in [0.15, 0.2) is 0 Å². The largest absolute Gasteiger partial charge is 0.444 e. The topological polar surface area (TPSA) is 105 Å². The van der Waals surface area contributed by atoms with Crippen LogP contribution in [0, 0.1) is 0 Å². The summed E-state index contributed by atoms with van der Waals surface area (Å²) in [5.41, 5.74) is 2.39. The van der Waals surface area contributed by atoms with Crippen molar-refractivity contribution in [3.8, 4) is 0 Å². The van der Waals surface area contributed by atoms with Gasteiger partial charge in [0.2, 0.25) is 0 Å². The zero-order chi connectivity index (χ0) is 82.0. The monoisotopic (exact) mass is 1460 g/mol. The van der Waals surface area contributed by atoms with Crippen LogP contribution in [0.3, 0.4) is 0 Å². The molecule has 0 aromatic rings. The van der Waals surface area contributed by atoms with E-state index in [-0.39, 0.29) is 11.6 Å². The summed E-state index contributed by atoms with van der Waals surface area (Å²) < 4.78 is 5.37. The molecular weight excluding hydrogens is 1270 g/mol. The first-order chi connectivity index (χ1) is 45.6. The molecule has 4 rings (SSSR count). The van der Waals surface area contributed by atoms with Crippen LogP contribution in [0.2, 0.25) is 0 Å². The van der Waals surface area contributed by atoms with Crippen LogP contribution in [0.4, 0.5) is 4.79 Å². The van der Waals surface area contributed by atoms with E-state index in [1.807, 2.05) is 27.8 Å². The lowest BCUT2D eigenvalue weighted by Crippen LogP contribution is -2.55. The van der Waals surface area contributed by atoms with Crippen LogP contribution < -0.4 is 16.0 Å². The fourth-order valence-corrected chi connectivity index (χ4v) is 9.96. The van der Waals surface area contributed by atoms with Crippen LogP contribution in [0.25, 0.3) is 0 Å². The van der Waals surface area contributed by atoms with Crippen molar-refractivity contribution in [2.45, 2.75) is 329 Å². The molecule has 1 amide bonds. The van der Waals surface area contributed by atoms with E-state index >= 15 is 0 Å². The Morgan fingerprint density at radius 2 is 0.814 bits per heavy atom. The second-order valence-electron chi connectivity index (χ2n) is 40.2. The number of piperidine rings is 1. The van der Waals surface area contributed by atoms with Crippen LogP contribution in [0.5, 0.6) is 0 Å². The van der Waals surface area contributed by atoms with E-state index in [1.54, 1.807) is 4.90 Å². The molecule has 0 aliphatic carbocycles. The van der Waals surface area contributed by atoms with Crippen LogP contribution in [0.1, 0.15) is 262 Å². The van der Waals surface area contributed by atoms with Crippen LogP contribution in [0.15, 0.2) is 0 Å². The van der Waals surface area contributed by atoms with Crippen molar-refractivity contribution in [3.63, 3.8) is 0 Å². The predicted octanol–water partition coefficient (Wildman–Crippen LogP) is 14.3. The molecule has 4 saturated heterocycles. The number of hydrogen-bond donors (Lipinski definition) is 3. The molecule has 0 spiro atoms. The van der Waals surface area contributed by atoms with Gasteiger partial charge in [0.25, 0.3) is 0 Å². The molecule has 0 bridgehead atoms. The minimum atomic E-state index is -0.405. The summed E-state index contributed by atoms with van der Waals surface area (Å²) >= 11 is 0. The van der Waals surface area contributed by atoms with Gasteiger partial charge in [-0.2, -0.15) is 0 Å². The van der Waals surface area contributed by atoms with Gasteiger partial charge >= 0.3 is 6.09 Å². The predicted molar refractivity (Wildman–Crippen MR) is 460 cm³/mol. The number of rotatable bonds is 12. The second kappa shape index (κ2) is 53.5. The molecule has 0 radical (unpaired) electrons. The number of nitrogens with zero attached hydrogens (tertiary/aromatic N) is 13. The molecule has 4 aliphatic rings. The maximum atomic E-state index is 11.9. The number of piperazine rings is 3. The first-order valence-electron chi connectivity index (χ1n) is 40.2. The van der Waals surface area contributed by atoms with E-state index in [9.17, 15) is 4.79 Å². The van der Waals surface area contributed by atoms with Crippen molar-refractivity contribution in [3.05, 3.63) is 0 Å². The Morgan fingerprint density at radius 1 is 0.461 bits per heavy atom. The maximum Gasteiger partial charge on any atom is 0.410 e. The third-order valence-electron chi connectivity index (χ3n) is 19.1. The summed E-state index contributed by atoms with van der Waals surface area (Å²) in [6, 6.07) is 1.53. The van der Waals surface area contributed by atoms with Crippen molar-refractivity contribution in [1.29, 1.82) is 0 Å². The van der Waals surface area contributed by atoms with Crippen molar-refractivity contribution in [2.75, 3.05) is 222 Å². The Kier molecular flexibility index (Phi) is 58.5. The molecule has 4 fully saturated rings. The van der Waals surface area contributed by atoms with Crippen molar-refractivity contribution in [2.24, 2.45) is 0 Å². The normalized spacial score (nSPS) is 17.2. The summed E-state index contributed by atoms with van der Waals surface area (Å²) in [7, 11) is 25.5.